The molecule has 2 amide bonds. The summed E-state index contributed by atoms with van der Waals surface area (Å²) >= 11 is 0. The molecule has 0 radical (unpaired) electrons. The van der Waals surface area contributed by atoms with E-state index in [1.165, 1.54) is 19.3 Å². The number of amides is 2. The maximum atomic E-state index is 13.4. The van der Waals surface area contributed by atoms with E-state index in [1.807, 2.05) is 60.7 Å². The smallest absolute Gasteiger partial charge is 0.255 e. The Kier molecular flexibility index (Phi) is 7.03. The summed E-state index contributed by atoms with van der Waals surface area (Å²) in [5.41, 5.74) is 2.87. The maximum absolute atomic E-state index is 13.4. The van der Waals surface area contributed by atoms with Crippen molar-refractivity contribution in [3.63, 3.8) is 0 Å². The second-order valence-electron chi connectivity index (χ2n) is 10.2. The lowest BCUT2D eigenvalue weighted by Crippen LogP contribution is -2.38. The Hall–Kier alpha value is -3.34. The quantitative estimate of drug-likeness (QED) is 0.455. The zero-order valence-corrected chi connectivity index (χ0v) is 20.6. The standard InChI is InChI=1S/C30H35N3O2/c1-21-15-17-33(18-16-21)28-14-13-26(20-27(28)30(35)31-25-9-3-2-4-10-25)32-29(34)24-12-11-22-7-5-6-8-23(22)19-24/h5-8,11-14,19-21,25H,2-4,9-10,15-18H2,1H3,(H,31,35)(H,32,34). The van der Waals surface area contributed by atoms with Crippen LogP contribution >= 0.6 is 0 Å². The van der Waals surface area contributed by atoms with Crippen molar-refractivity contribution in [3.05, 3.63) is 71.8 Å². The van der Waals surface area contributed by atoms with Crippen molar-refractivity contribution < 1.29 is 9.59 Å². The van der Waals surface area contributed by atoms with E-state index in [4.69, 9.17) is 0 Å². The first-order chi connectivity index (χ1) is 17.1. The number of rotatable bonds is 5. The van der Waals surface area contributed by atoms with Gasteiger partial charge in [-0.1, -0.05) is 56.5 Å². The van der Waals surface area contributed by atoms with Gasteiger partial charge in [-0.3, -0.25) is 9.59 Å². The van der Waals surface area contributed by atoms with Crippen molar-refractivity contribution in [2.24, 2.45) is 5.92 Å². The summed E-state index contributed by atoms with van der Waals surface area (Å²) in [5.74, 6) is 0.507. The summed E-state index contributed by atoms with van der Waals surface area (Å²) in [6.07, 6.45) is 7.93. The van der Waals surface area contributed by atoms with Crippen molar-refractivity contribution in [3.8, 4) is 0 Å². The molecule has 182 valence electrons. The molecule has 1 saturated heterocycles. The minimum atomic E-state index is -0.172. The molecule has 0 aromatic heterocycles. The van der Waals surface area contributed by atoms with Gasteiger partial charge >= 0.3 is 0 Å². The van der Waals surface area contributed by atoms with Crippen LogP contribution in [0.2, 0.25) is 0 Å². The molecule has 0 bridgehead atoms. The molecule has 0 unspecified atom stereocenters. The molecule has 5 rings (SSSR count). The Balaban J connectivity index is 1.39. The van der Waals surface area contributed by atoms with Gasteiger partial charge in [0, 0.05) is 36.1 Å². The second kappa shape index (κ2) is 10.5. The van der Waals surface area contributed by atoms with E-state index in [0.29, 0.717) is 22.7 Å². The summed E-state index contributed by atoms with van der Waals surface area (Å²) in [6.45, 7) is 4.20. The molecule has 1 heterocycles. The van der Waals surface area contributed by atoms with Crippen LogP contribution in [-0.2, 0) is 0 Å². The van der Waals surface area contributed by atoms with E-state index in [9.17, 15) is 9.59 Å². The number of benzene rings is 3. The van der Waals surface area contributed by atoms with Crippen LogP contribution in [0.25, 0.3) is 10.8 Å². The number of piperidine rings is 1. The lowest BCUT2D eigenvalue weighted by Gasteiger charge is -2.34. The highest BCUT2D eigenvalue weighted by Crippen LogP contribution is 2.30. The summed E-state index contributed by atoms with van der Waals surface area (Å²) in [6, 6.07) is 19.7. The number of nitrogens with one attached hydrogen (secondary N) is 2. The fourth-order valence-electron chi connectivity index (χ4n) is 5.36. The van der Waals surface area contributed by atoms with Gasteiger partial charge in [0.25, 0.3) is 11.8 Å². The topological polar surface area (TPSA) is 61.4 Å². The minimum Gasteiger partial charge on any atom is -0.371 e. The number of nitrogens with zero attached hydrogens (tertiary/aromatic N) is 1. The summed E-state index contributed by atoms with van der Waals surface area (Å²) in [4.78, 5) is 28.8. The zero-order valence-electron chi connectivity index (χ0n) is 20.6. The first-order valence-electron chi connectivity index (χ1n) is 13.1. The Morgan fingerprint density at radius 2 is 1.54 bits per heavy atom. The molecule has 2 fully saturated rings. The number of hydrogen-bond acceptors (Lipinski definition) is 3. The van der Waals surface area contributed by atoms with Crippen LogP contribution in [0.1, 0.15) is 72.6 Å². The monoisotopic (exact) mass is 469 g/mol. The Morgan fingerprint density at radius 1 is 0.800 bits per heavy atom. The van der Waals surface area contributed by atoms with Gasteiger partial charge in [-0.15, -0.1) is 0 Å². The third-order valence-corrected chi connectivity index (χ3v) is 7.58. The molecular formula is C30H35N3O2. The predicted molar refractivity (Wildman–Crippen MR) is 143 cm³/mol. The van der Waals surface area contributed by atoms with E-state index in [0.717, 1.165) is 55.2 Å². The number of carbonyl (C=O) groups is 2. The molecule has 5 heteroatoms. The van der Waals surface area contributed by atoms with E-state index in [-0.39, 0.29) is 17.9 Å². The molecule has 1 saturated carbocycles. The molecule has 3 aromatic rings. The van der Waals surface area contributed by atoms with Crippen molar-refractivity contribution in [2.75, 3.05) is 23.3 Å². The second-order valence-corrected chi connectivity index (χ2v) is 10.2. The molecule has 3 aromatic carbocycles. The average Bonchev–Trinajstić information content (AvgIpc) is 2.89. The largest absolute Gasteiger partial charge is 0.371 e. The van der Waals surface area contributed by atoms with Crippen LogP contribution in [0.4, 0.5) is 11.4 Å². The lowest BCUT2D eigenvalue weighted by atomic mass is 9.95. The van der Waals surface area contributed by atoms with Crippen LogP contribution in [0, 0.1) is 5.92 Å². The number of hydrogen-bond donors (Lipinski definition) is 2. The lowest BCUT2D eigenvalue weighted by molar-refractivity contribution is 0.0927. The first kappa shape index (κ1) is 23.4. The molecule has 5 nitrogen and oxygen atoms in total. The van der Waals surface area contributed by atoms with Crippen LogP contribution < -0.4 is 15.5 Å². The normalized spacial score (nSPS) is 17.3. The third kappa shape index (κ3) is 5.50. The molecule has 2 aliphatic rings. The van der Waals surface area contributed by atoms with Crippen LogP contribution in [0.15, 0.2) is 60.7 Å². The number of fused-ring (bicyclic) bond motifs is 1. The summed E-state index contributed by atoms with van der Waals surface area (Å²) in [7, 11) is 0. The van der Waals surface area contributed by atoms with Gasteiger partial charge in [-0.05, 0) is 72.7 Å². The predicted octanol–water partition coefficient (Wildman–Crippen LogP) is 6.39. The van der Waals surface area contributed by atoms with Crippen molar-refractivity contribution in [1.29, 1.82) is 0 Å². The third-order valence-electron chi connectivity index (χ3n) is 7.58. The fourth-order valence-corrected chi connectivity index (χ4v) is 5.36. The molecule has 1 aliphatic carbocycles. The van der Waals surface area contributed by atoms with Gasteiger partial charge in [-0.2, -0.15) is 0 Å². The van der Waals surface area contributed by atoms with E-state index < -0.39 is 0 Å². The average molecular weight is 470 g/mol. The van der Waals surface area contributed by atoms with Gasteiger partial charge in [0.2, 0.25) is 0 Å². The summed E-state index contributed by atoms with van der Waals surface area (Å²) < 4.78 is 0. The Morgan fingerprint density at radius 3 is 2.31 bits per heavy atom. The van der Waals surface area contributed by atoms with Gasteiger partial charge < -0.3 is 15.5 Å². The van der Waals surface area contributed by atoms with Crippen molar-refractivity contribution >= 4 is 34.0 Å². The van der Waals surface area contributed by atoms with Crippen molar-refractivity contribution in [1.82, 2.24) is 5.32 Å². The van der Waals surface area contributed by atoms with Gasteiger partial charge in [-0.25, -0.2) is 0 Å². The zero-order chi connectivity index (χ0) is 24.2. The van der Waals surface area contributed by atoms with Gasteiger partial charge in [0.1, 0.15) is 0 Å². The van der Waals surface area contributed by atoms with Crippen LogP contribution in [0.3, 0.4) is 0 Å². The van der Waals surface area contributed by atoms with E-state index >= 15 is 0 Å². The molecule has 35 heavy (non-hydrogen) atoms. The number of anilines is 2. The van der Waals surface area contributed by atoms with Crippen molar-refractivity contribution in [2.45, 2.75) is 57.9 Å². The molecule has 2 N–H and O–H groups in total. The summed E-state index contributed by atoms with van der Waals surface area (Å²) in [5, 5.41) is 8.43. The maximum Gasteiger partial charge on any atom is 0.255 e. The number of carbonyl (C=O) groups excluding carboxylic acids is 2. The van der Waals surface area contributed by atoms with Gasteiger partial charge in [0.15, 0.2) is 0 Å². The molecule has 1 aliphatic heterocycles. The highest BCUT2D eigenvalue weighted by Gasteiger charge is 2.24. The molecule has 0 spiro atoms. The molecule has 0 atom stereocenters. The first-order valence-corrected chi connectivity index (χ1v) is 13.1. The fraction of sp³-hybridized carbons (Fsp3) is 0.400. The Bertz CT molecular complexity index is 1210. The van der Waals surface area contributed by atoms with Gasteiger partial charge in [0.05, 0.1) is 5.56 Å². The molecular weight excluding hydrogens is 434 g/mol. The van der Waals surface area contributed by atoms with Crippen LogP contribution in [0.5, 0.6) is 0 Å². The SMILES string of the molecule is CC1CCN(c2ccc(NC(=O)c3ccc4ccccc4c3)cc2C(=O)NC2CCCCC2)CC1. The highest BCUT2D eigenvalue weighted by molar-refractivity contribution is 6.08. The van der Waals surface area contributed by atoms with E-state index in [2.05, 4.69) is 22.5 Å². The minimum absolute atomic E-state index is 0.0349. The van der Waals surface area contributed by atoms with Crippen LogP contribution in [-0.4, -0.2) is 30.9 Å². The van der Waals surface area contributed by atoms with E-state index in [1.54, 1.807) is 0 Å². The Labute approximate surface area is 207 Å². The highest BCUT2D eigenvalue weighted by atomic mass is 16.2.